The normalized spacial score (nSPS) is 23.7. The lowest BCUT2D eigenvalue weighted by molar-refractivity contribution is -0.151. The second-order valence-corrected chi connectivity index (χ2v) is 6.88. The van der Waals surface area contributed by atoms with Gasteiger partial charge in [-0.3, -0.25) is 9.59 Å². The SMILES string of the molecule is O=C(c1ccc(CO)cc1)N1C[C@@H]2c3ccccc3OC[C@]2(C(=O)O)C1. The van der Waals surface area contributed by atoms with Gasteiger partial charge in [0.25, 0.3) is 5.91 Å². The summed E-state index contributed by atoms with van der Waals surface area (Å²) in [5.41, 5.74) is 0.915. The second-order valence-electron chi connectivity index (χ2n) is 6.88. The van der Waals surface area contributed by atoms with Crippen LogP contribution in [0, 0.1) is 5.41 Å². The van der Waals surface area contributed by atoms with E-state index in [1.54, 1.807) is 29.2 Å². The fourth-order valence-electron chi connectivity index (χ4n) is 3.93. The van der Waals surface area contributed by atoms with Crippen LogP contribution in [0.1, 0.15) is 27.4 Å². The predicted octanol–water partition coefficient (Wildman–Crippen LogP) is 1.88. The summed E-state index contributed by atoms with van der Waals surface area (Å²) in [7, 11) is 0. The zero-order chi connectivity index (χ0) is 18.3. The number of para-hydroxylation sites is 1. The standard InChI is InChI=1S/C20H19NO5/c22-10-13-5-7-14(8-6-13)18(23)21-9-16-15-3-1-2-4-17(15)26-12-20(16,11-21)19(24)25/h1-8,16,22H,9-12H2,(H,24,25)/t16-,20-/m1/s1. The molecule has 2 aliphatic rings. The number of aliphatic hydroxyl groups is 1. The number of hydrogen-bond acceptors (Lipinski definition) is 4. The van der Waals surface area contributed by atoms with E-state index in [1.165, 1.54) is 0 Å². The highest BCUT2D eigenvalue weighted by Crippen LogP contribution is 2.49. The van der Waals surface area contributed by atoms with E-state index in [0.717, 1.165) is 11.1 Å². The minimum atomic E-state index is -1.13. The van der Waals surface area contributed by atoms with Crippen molar-refractivity contribution in [2.45, 2.75) is 12.5 Å². The van der Waals surface area contributed by atoms with Gasteiger partial charge in [0, 0.05) is 30.1 Å². The van der Waals surface area contributed by atoms with Crippen LogP contribution in [0.5, 0.6) is 5.75 Å². The summed E-state index contributed by atoms with van der Waals surface area (Å²) in [5, 5.41) is 19.0. The first kappa shape index (κ1) is 16.6. The Morgan fingerprint density at radius 1 is 1.15 bits per heavy atom. The Bertz CT molecular complexity index is 863. The number of rotatable bonds is 3. The summed E-state index contributed by atoms with van der Waals surface area (Å²) in [6, 6.07) is 14.1. The van der Waals surface area contributed by atoms with Crippen LogP contribution in [0.15, 0.2) is 48.5 Å². The minimum absolute atomic E-state index is 0.0528. The summed E-state index contributed by atoms with van der Waals surface area (Å²) in [5.74, 6) is -0.758. The molecule has 2 aromatic rings. The highest BCUT2D eigenvalue weighted by Gasteiger charge is 2.57. The third-order valence-corrected chi connectivity index (χ3v) is 5.42. The van der Waals surface area contributed by atoms with Crippen LogP contribution in [-0.2, 0) is 11.4 Å². The van der Waals surface area contributed by atoms with Gasteiger partial charge < -0.3 is 19.8 Å². The van der Waals surface area contributed by atoms with Crippen molar-refractivity contribution in [2.75, 3.05) is 19.7 Å². The van der Waals surface area contributed by atoms with Crippen LogP contribution in [0.25, 0.3) is 0 Å². The van der Waals surface area contributed by atoms with Crippen LogP contribution in [-0.4, -0.2) is 46.7 Å². The maximum absolute atomic E-state index is 12.9. The predicted molar refractivity (Wildman–Crippen MR) is 93.0 cm³/mol. The molecule has 2 atom stereocenters. The van der Waals surface area contributed by atoms with Gasteiger partial charge in [-0.2, -0.15) is 0 Å². The molecule has 4 rings (SSSR count). The number of carboxylic acids is 1. The quantitative estimate of drug-likeness (QED) is 0.880. The van der Waals surface area contributed by atoms with Gasteiger partial charge in [0.2, 0.25) is 0 Å². The van der Waals surface area contributed by atoms with E-state index in [4.69, 9.17) is 9.84 Å². The summed E-state index contributed by atoms with van der Waals surface area (Å²) < 4.78 is 5.72. The molecule has 1 amide bonds. The smallest absolute Gasteiger partial charge is 0.315 e. The number of hydrogen-bond donors (Lipinski definition) is 2. The molecular formula is C20H19NO5. The minimum Gasteiger partial charge on any atom is -0.492 e. The lowest BCUT2D eigenvalue weighted by Gasteiger charge is -2.35. The van der Waals surface area contributed by atoms with Crippen LogP contribution < -0.4 is 4.74 Å². The Kier molecular flexibility index (Phi) is 3.92. The van der Waals surface area contributed by atoms with Gasteiger partial charge in [0.1, 0.15) is 17.8 Å². The first-order valence-electron chi connectivity index (χ1n) is 8.49. The van der Waals surface area contributed by atoms with Crippen molar-refractivity contribution < 1.29 is 24.5 Å². The van der Waals surface area contributed by atoms with Gasteiger partial charge in [-0.1, -0.05) is 30.3 Å². The van der Waals surface area contributed by atoms with E-state index in [1.807, 2.05) is 24.3 Å². The van der Waals surface area contributed by atoms with Gasteiger partial charge in [0.05, 0.1) is 6.61 Å². The van der Waals surface area contributed by atoms with Crippen molar-refractivity contribution in [2.24, 2.45) is 5.41 Å². The van der Waals surface area contributed by atoms with Gasteiger partial charge >= 0.3 is 5.97 Å². The van der Waals surface area contributed by atoms with Crippen molar-refractivity contribution in [3.8, 4) is 5.75 Å². The van der Waals surface area contributed by atoms with Gasteiger partial charge in [-0.05, 0) is 23.8 Å². The van der Waals surface area contributed by atoms with Crippen LogP contribution in [0.4, 0.5) is 0 Å². The average Bonchev–Trinajstić information content (AvgIpc) is 3.09. The van der Waals surface area contributed by atoms with Crippen molar-refractivity contribution in [3.05, 3.63) is 65.2 Å². The number of carbonyl (C=O) groups is 2. The lowest BCUT2D eigenvalue weighted by Crippen LogP contribution is -2.46. The molecule has 2 N–H and O–H groups in total. The van der Waals surface area contributed by atoms with Gasteiger partial charge in [-0.15, -0.1) is 0 Å². The van der Waals surface area contributed by atoms with E-state index < -0.39 is 11.4 Å². The average molecular weight is 353 g/mol. The van der Waals surface area contributed by atoms with E-state index in [9.17, 15) is 14.7 Å². The van der Waals surface area contributed by atoms with Crippen molar-refractivity contribution in [3.63, 3.8) is 0 Å². The summed E-state index contributed by atoms with van der Waals surface area (Å²) in [6.45, 7) is 0.420. The molecule has 2 heterocycles. The molecule has 1 saturated heterocycles. The molecule has 6 heteroatoms. The van der Waals surface area contributed by atoms with Crippen LogP contribution in [0.3, 0.4) is 0 Å². The molecule has 0 spiro atoms. The molecule has 0 aromatic heterocycles. The summed E-state index contributed by atoms with van der Waals surface area (Å²) in [6.07, 6.45) is 0. The number of aliphatic hydroxyl groups excluding tert-OH is 1. The van der Waals surface area contributed by atoms with E-state index in [2.05, 4.69) is 0 Å². The molecule has 6 nitrogen and oxygen atoms in total. The third kappa shape index (κ3) is 2.45. The zero-order valence-corrected chi connectivity index (χ0v) is 14.1. The Hall–Kier alpha value is -2.86. The maximum Gasteiger partial charge on any atom is 0.315 e. The Labute approximate surface area is 150 Å². The van der Waals surface area contributed by atoms with Crippen LogP contribution in [0.2, 0.25) is 0 Å². The molecule has 2 aliphatic heterocycles. The number of carboxylic acid groups (broad SMARTS) is 1. The number of aliphatic carboxylic acids is 1. The number of likely N-dealkylation sites (tertiary alicyclic amines) is 1. The highest BCUT2D eigenvalue weighted by atomic mass is 16.5. The number of carbonyl (C=O) groups excluding carboxylic acids is 1. The van der Waals surface area contributed by atoms with Crippen LogP contribution >= 0.6 is 0 Å². The fourth-order valence-corrected chi connectivity index (χ4v) is 3.93. The Morgan fingerprint density at radius 3 is 2.58 bits per heavy atom. The van der Waals surface area contributed by atoms with E-state index >= 15 is 0 Å². The third-order valence-electron chi connectivity index (χ3n) is 5.42. The van der Waals surface area contributed by atoms with E-state index in [0.29, 0.717) is 17.9 Å². The second kappa shape index (κ2) is 6.14. The number of amides is 1. The number of fused-ring (bicyclic) bond motifs is 3. The number of ether oxygens (including phenoxy) is 1. The largest absolute Gasteiger partial charge is 0.492 e. The first-order valence-corrected chi connectivity index (χ1v) is 8.49. The van der Waals surface area contributed by atoms with Gasteiger partial charge in [0.15, 0.2) is 0 Å². The molecule has 2 aromatic carbocycles. The van der Waals surface area contributed by atoms with Crippen molar-refractivity contribution >= 4 is 11.9 Å². The van der Waals surface area contributed by atoms with E-state index in [-0.39, 0.29) is 31.6 Å². The lowest BCUT2D eigenvalue weighted by atomic mass is 9.73. The Balaban J connectivity index is 1.67. The topological polar surface area (TPSA) is 87.1 Å². The number of benzene rings is 2. The molecular weight excluding hydrogens is 334 g/mol. The molecule has 0 unspecified atom stereocenters. The molecule has 0 bridgehead atoms. The first-order chi connectivity index (χ1) is 12.5. The molecule has 0 saturated carbocycles. The Morgan fingerprint density at radius 2 is 1.88 bits per heavy atom. The monoisotopic (exact) mass is 353 g/mol. The molecule has 0 radical (unpaired) electrons. The molecule has 0 aliphatic carbocycles. The summed E-state index contributed by atoms with van der Waals surface area (Å²) >= 11 is 0. The zero-order valence-electron chi connectivity index (χ0n) is 14.1. The molecule has 26 heavy (non-hydrogen) atoms. The maximum atomic E-state index is 12.9. The molecule has 1 fully saturated rings. The summed E-state index contributed by atoms with van der Waals surface area (Å²) in [4.78, 5) is 26.6. The van der Waals surface area contributed by atoms with Gasteiger partial charge in [-0.25, -0.2) is 0 Å². The molecule has 134 valence electrons. The fraction of sp³-hybridized carbons (Fsp3) is 0.300. The van der Waals surface area contributed by atoms with Crippen molar-refractivity contribution in [1.82, 2.24) is 4.90 Å². The highest BCUT2D eigenvalue weighted by molar-refractivity contribution is 5.95. The van der Waals surface area contributed by atoms with Crippen molar-refractivity contribution in [1.29, 1.82) is 0 Å². The number of nitrogens with zero attached hydrogens (tertiary/aromatic N) is 1.